The number of hydrogen-bond acceptors (Lipinski definition) is 9. The maximum Gasteiger partial charge on any atom is 0.311 e. The molecule has 35 heavy (non-hydrogen) atoms. The number of carbonyl (C=O) groups is 2. The molecule has 0 unspecified atom stereocenters. The van der Waals surface area contributed by atoms with Gasteiger partial charge in [0.2, 0.25) is 5.78 Å². The van der Waals surface area contributed by atoms with E-state index >= 15 is 0 Å². The topological polar surface area (TPSA) is 106 Å². The molecule has 3 heterocycles. The van der Waals surface area contributed by atoms with E-state index < -0.39 is 5.97 Å². The lowest BCUT2D eigenvalue weighted by atomic mass is 10.0. The van der Waals surface area contributed by atoms with Gasteiger partial charge in [-0.05, 0) is 41.9 Å². The Labute approximate surface area is 205 Å². The fourth-order valence-corrected chi connectivity index (χ4v) is 4.16. The summed E-state index contributed by atoms with van der Waals surface area (Å²) in [5, 5.41) is 4.18. The summed E-state index contributed by atoms with van der Waals surface area (Å²) in [5.41, 5.74) is 2.43. The van der Waals surface area contributed by atoms with Crippen LogP contribution in [0.1, 0.15) is 39.2 Å². The Kier molecular flexibility index (Phi) is 6.19. The van der Waals surface area contributed by atoms with Crippen molar-refractivity contribution in [3.05, 3.63) is 69.1 Å². The van der Waals surface area contributed by atoms with Crippen molar-refractivity contribution in [2.45, 2.75) is 26.4 Å². The van der Waals surface area contributed by atoms with Crippen LogP contribution in [0.3, 0.4) is 0 Å². The number of halogens is 1. The SMILES string of the molecule is COc1cc(CCC(=O)Oc2cc(C)c3c(c2)O/C(=C\c2cc(Cl)cc4c2OCOC4)C3=O)on1. The van der Waals surface area contributed by atoms with Crippen LogP contribution in [0, 0.1) is 6.92 Å². The maximum absolute atomic E-state index is 13.1. The predicted octanol–water partition coefficient (Wildman–Crippen LogP) is 4.67. The van der Waals surface area contributed by atoms with Crippen LogP contribution < -0.4 is 18.9 Å². The molecule has 3 aromatic rings. The van der Waals surface area contributed by atoms with Crippen molar-refractivity contribution in [3.8, 4) is 23.1 Å². The number of rotatable bonds is 6. The van der Waals surface area contributed by atoms with Crippen molar-refractivity contribution in [1.29, 1.82) is 0 Å². The minimum absolute atomic E-state index is 0.0724. The Morgan fingerprint density at radius 1 is 1.23 bits per heavy atom. The predicted molar refractivity (Wildman–Crippen MR) is 123 cm³/mol. The van der Waals surface area contributed by atoms with Crippen LogP contribution in [0.4, 0.5) is 0 Å². The van der Waals surface area contributed by atoms with Crippen LogP contribution in [0.2, 0.25) is 5.02 Å². The van der Waals surface area contributed by atoms with E-state index in [2.05, 4.69) is 5.16 Å². The smallest absolute Gasteiger partial charge is 0.311 e. The minimum atomic E-state index is -0.468. The zero-order valence-electron chi connectivity index (χ0n) is 18.9. The van der Waals surface area contributed by atoms with Gasteiger partial charge in [-0.15, -0.1) is 0 Å². The summed E-state index contributed by atoms with van der Waals surface area (Å²) in [5.74, 6) is 1.39. The highest BCUT2D eigenvalue weighted by Crippen LogP contribution is 2.39. The molecule has 0 N–H and O–H groups in total. The van der Waals surface area contributed by atoms with Crippen molar-refractivity contribution >= 4 is 29.4 Å². The van der Waals surface area contributed by atoms with Gasteiger partial charge in [-0.1, -0.05) is 11.6 Å². The highest BCUT2D eigenvalue weighted by Gasteiger charge is 2.31. The molecule has 0 fully saturated rings. The van der Waals surface area contributed by atoms with Crippen molar-refractivity contribution in [1.82, 2.24) is 5.16 Å². The van der Waals surface area contributed by atoms with Gasteiger partial charge < -0.3 is 28.2 Å². The summed E-state index contributed by atoms with van der Waals surface area (Å²) < 4.78 is 32.3. The Morgan fingerprint density at radius 2 is 2.09 bits per heavy atom. The summed E-state index contributed by atoms with van der Waals surface area (Å²) in [7, 11) is 1.48. The molecule has 0 aliphatic carbocycles. The van der Waals surface area contributed by atoms with E-state index in [1.54, 1.807) is 37.3 Å². The van der Waals surface area contributed by atoms with Gasteiger partial charge in [0.05, 0.1) is 25.7 Å². The Hall–Kier alpha value is -3.82. The fraction of sp³-hybridized carbons (Fsp3) is 0.240. The number of aryl methyl sites for hydroxylation is 2. The van der Waals surface area contributed by atoms with E-state index in [1.165, 1.54) is 13.2 Å². The van der Waals surface area contributed by atoms with Crippen molar-refractivity contribution < 1.29 is 37.8 Å². The maximum atomic E-state index is 13.1. The van der Waals surface area contributed by atoms with Gasteiger partial charge in [-0.3, -0.25) is 9.59 Å². The number of carbonyl (C=O) groups excluding carboxylic acids is 2. The molecule has 0 atom stereocenters. The van der Waals surface area contributed by atoms with Crippen LogP contribution >= 0.6 is 11.6 Å². The summed E-state index contributed by atoms with van der Waals surface area (Å²) in [6.45, 7) is 2.22. The molecule has 0 saturated carbocycles. The minimum Gasteiger partial charge on any atom is -0.479 e. The van der Waals surface area contributed by atoms with Crippen molar-refractivity contribution in [2.24, 2.45) is 0 Å². The van der Waals surface area contributed by atoms with E-state index in [-0.39, 0.29) is 30.5 Å². The molecule has 0 radical (unpaired) electrons. The van der Waals surface area contributed by atoms with Crippen LogP contribution in [0.5, 0.6) is 23.1 Å². The second kappa shape index (κ2) is 9.44. The number of benzene rings is 2. The number of ether oxygens (including phenoxy) is 5. The third kappa shape index (κ3) is 4.73. The second-order valence-electron chi connectivity index (χ2n) is 7.96. The van der Waals surface area contributed by atoms with E-state index in [0.29, 0.717) is 57.9 Å². The Morgan fingerprint density at radius 3 is 2.89 bits per heavy atom. The zero-order chi connectivity index (χ0) is 24.5. The lowest BCUT2D eigenvalue weighted by Crippen LogP contribution is -2.12. The molecule has 9 nitrogen and oxygen atoms in total. The first-order valence-electron chi connectivity index (χ1n) is 10.7. The van der Waals surface area contributed by atoms with Gasteiger partial charge >= 0.3 is 5.97 Å². The van der Waals surface area contributed by atoms with Gasteiger partial charge in [0.25, 0.3) is 5.88 Å². The van der Waals surface area contributed by atoms with Gasteiger partial charge in [-0.25, -0.2) is 0 Å². The summed E-state index contributed by atoms with van der Waals surface area (Å²) in [6, 6.07) is 8.21. The second-order valence-corrected chi connectivity index (χ2v) is 8.39. The molecule has 180 valence electrons. The number of esters is 1. The van der Waals surface area contributed by atoms with Crippen LogP contribution in [-0.4, -0.2) is 30.8 Å². The first-order chi connectivity index (χ1) is 16.9. The van der Waals surface area contributed by atoms with E-state index in [4.69, 9.17) is 39.8 Å². The first kappa shape index (κ1) is 22.9. The van der Waals surface area contributed by atoms with Gasteiger partial charge in [-0.2, -0.15) is 0 Å². The lowest BCUT2D eigenvalue weighted by Gasteiger charge is -2.20. The van der Waals surface area contributed by atoms with Crippen LogP contribution in [0.15, 0.2) is 40.6 Å². The van der Waals surface area contributed by atoms with Crippen molar-refractivity contribution in [2.75, 3.05) is 13.9 Å². The third-order valence-corrected chi connectivity index (χ3v) is 5.71. The number of methoxy groups -OCH3 is 1. The highest BCUT2D eigenvalue weighted by atomic mass is 35.5. The highest BCUT2D eigenvalue weighted by molar-refractivity contribution is 6.31. The number of aromatic nitrogens is 1. The average molecular weight is 498 g/mol. The first-order valence-corrected chi connectivity index (χ1v) is 11.1. The van der Waals surface area contributed by atoms with Gasteiger partial charge in [0, 0.05) is 34.7 Å². The van der Waals surface area contributed by atoms with Gasteiger partial charge in [0.15, 0.2) is 12.6 Å². The lowest BCUT2D eigenvalue weighted by molar-refractivity contribution is -0.134. The normalized spacial score (nSPS) is 15.3. The number of Topliss-reactive ketones (excluding diaryl/α,β-unsaturated/α-hetero) is 1. The molecule has 0 bridgehead atoms. The van der Waals surface area contributed by atoms with Crippen LogP contribution in [-0.2, 0) is 22.6 Å². The third-order valence-electron chi connectivity index (χ3n) is 5.49. The molecule has 2 aliphatic heterocycles. The molecule has 0 spiro atoms. The molecule has 1 aromatic heterocycles. The monoisotopic (exact) mass is 497 g/mol. The molecule has 10 heteroatoms. The number of fused-ring (bicyclic) bond motifs is 2. The van der Waals surface area contributed by atoms with Crippen LogP contribution in [0.25, 0.3) is 6.08 Å². The van der Waals surface area contributed by atoms with E-state index in [0.717, 1.165) is 5.56 Å². The summed E-state index contributed by atoms with van der Waals surface area (Å²) in [6.07, 6.45) is 1.97. The fourth-order valence-electron chi connectivity index (χ4n) is 3.91. The molecule has 0 amide bonds. The Bertz CT molecular complexity index is 1360. The number of ketones is 1. The molecule has 0 saturated heterocycles. The van der Waals surface area contributed by atoms with E-state index in [1.807, 2.05) is 0 Å². The largest absolute Gasteiger partial charge is 0.479 e. The molecule has 5 rings (SSSR count). The number of hydrogen-bond donors (Lipinski definition) is 0. The van der Waals surface area contributed by atoms with E-state index in [9.17, 15) is 9.59 Å². The van der Waals surface area contributed by atoms with Crippen molar-refractivity contribution in [3.63, 3.8) is 0 Å². The molecular formula is C25H20ClNO8. The number of nitrogens with zero attached hydrogens (tertiary/aromatic N) is 1. The zero-order valence-corrected chi connectivity index (χ0v) is 19.6. The molecule has 2 aromatic carbocycles. The Balaban J connectivity index is 1.33. The summed E-state index contributed by atoms with van der Waals surface area (Å²) >= 11 is 6.23. The quantitative estimate of drug-likeness (QED) is 0.273. The average Bonchev–Trinajstić information content (AvgIpc) is 3.42. The standard InChI is InChI=1S/C25H20ClNO8/c1-13-5-18(33-22(28)4-3-17-10-21(30-2)27-35-17)9-19-23(13)24(29)20(34-19)8-14-6-16(26)7-15-11-31-12-32-25(14)15/h5-10H,3-4,11-12H2,1-2H3/b20-8-. The molecule has 2 aliphatic rings. The summed E-state index contributed by atoms with van der Waals surface area (Å²) in [4.78, 5) is 25.4. The molecular weight excluding hydrogens is 478 g/mol. The van der Waals surface area contributed by atoms with Gasteiger partial charge in [0.1, 0.15) is 23.0 Å². The number of allylic oxidation sites excluding steroid dienone is 1.